The van der Waals surface area contributed by atoms with Gasteiger partial charge in [-0.1, -0.05) is 18.2 Å². The van der Waals surface area contributed by atoms with Gasteiger partial charge in [-0.05, 0) is 36.6 Å². The highest BCUT2D eigenvalue weighted by Crippen LogP contribution is 2.25. The minimum absolute atomic E-state index is 0.0580. The molecule has 1 atom stereocenters. The summed E-state index contributed by atoms with van der Waals surface area (Å²) < 4.78 is 1.78. The molecule has 0 aliphatic rings. The average molecular weight is 230 g/mol. The zero-order valence-corrected chi connectivity index (χ0v) is 10.4. The molecule has 2 aromatic rings. The van der Waals surface area contributed by atoms with E-state index in [0.717, 1.165) is 5.69 Å². The molecule has 0 bridgehead atoms. The van der Waals surface area contributed by atoms with E-state index in [2.05, 4.69) is 42.6 Å². The van der Waals surface area contributed by atoms with E-state index in [1.165, 1.54) is 16.7 Å². The molecule has 4 heteroatoms. The number of nitrogens with zero attached hydrogens (tertiary/aromatic N) is 2. The number of aromatic nitrogens is 2. The van der Waals surface area contributed by atoms with Gasteiger partial charge in [0.1, 0.15) is 0 Å². The van der Waals surface area contributed by atoms with Crippen LogP contribution in [-0.2, 0) is 7.05 Å². The Kier molecular flexibility index (Phi) is 3.26. The maximum atomic E-state index is 5.68. The van der Waals surface area contributed by atoms with Crippen LogP contribution in [0.3, 0.4) is 0 Å². The van der Waals surface area contributed by atoms with Crippen LogP contribution in [0, 0.1) is 13.8 Å². The molecule has 0 spiro atoms. The van der Waals surface area contributed by atoms with Crippen molar-refractivity contribution in [1.82, 2.24) is 15.2 Å². The molecule has 1 aromatic carbocycles. The van der Waals surface area contributed by atoms with E-state index in [1.807, 2.05) is 19.3 Å². The maximum absolute atomic E-state index is 5.68. The Bertz CT molecular complexity index is 496. The van der Waals surface area contributed by atoms with E-state index in [1.54, 1.807) is 4.68 Å². The molecule has 0 aliphatic carbocycles. The summed E-state index contributed by atoms with van der Waals surface area (Å²) in [6, 6.07) is 8.17. The van der Waals surface area contributed by atoms with E-state index in [0.29, 0.717) is 0 Å². The number of hydrazine groups is 1. The second kappa shape index (κ2) is 4.69. The van der Waals surface area contributed by atoms with Gasteiger partial charge in [0.15, 0.2) is 0 Å². The van der Waals surface area contributed by atoms with Crippen molar-refractivity contribution in [3.8, 4) is 0 Å². The number of hydrogen-bond donors (Lipinski definition) is 2. The van der Waals surface area contributed by atoms with Crippen LogP contribution >= 0.6 is 0 Å². The first-order valence-corrected chi connectivity index (χ1v) is 5.65. The highest BCUT2D eigenvalue weighted by atomic mass is 15.3. The van der Waals surface area contributed by atoms with Gasteiger partial charge < -0.3 is 0 Å². The van der Waals surface area contributed by atoms with E-state index in [-0.39, 0.29) is 6.04 Å². The number of rotatable bonds is 3. The summed E-state index contributed by atoms with van der Waals surface area (Å²) in [4.78, 5) is 0. The molecule has 0 fully saturated rings. The number of aryl methyl sites for hydroxylation is 3. The summed E-state index contributed by atoms with van der Waals surface area (Å²) in [5.41, 5.74) is 7.44. The van der Waals surface area contributed by atoms with E-state index < -0.39 is 0 Å². The fraction of sp³-hybridized carbons (Fsp3) is 0.308. The Labute approximate surface area is 101 Å². The quantitative estimate of drug-likeness (QED) is 0.622. The maximum Gasteiger partial charge on any atom is 0.0905 e. The van der Waals surface area contributed by atoms with Crippen molar-refractivity contribution in [2.75, 3.05) is 0 Å². The predicted octanol–water partition coefficient (Wildman–Crippen LogP) is 1.59. The van der Waals surface area contributed by atoms with Crippen molar-refractivity contribution in [3.63, 3.8) is 0 Å². The zero-order valence-electron chi connectivity index (χ0n) is 10.4. The molecular weight excluding hydrogens is 212 g/mol. The molecule has 0 amide bonds. The third kappa shape index (κ3) is 2.23. The first-order valence-electron chi connectivity index (χ1n) is 5.65. The third-order valence-corrected chi connectivity index (χ3v) is 3.03. The average Bonchev–Trinajstić information content (AvgIpc) is 2.70. The Morgan fingerprint density at radius 3 is 2.35 bits per heavy atom. The number of nitrogens with one attached hydrogen (secondary N) is 1. The molecule has 0 saturated heterocycles. The predicted molar refractivity (Wildman–Crippen MR) is 68.3 cm³/mol. The lowest BCUT2D eigenvalue weighted by molar-refractivity contribution is 0.598. The first-order chi connectivity index (χ1) is 8.13. The van der Waals surface area contributed by atoms with Gasteiger partial charge in [0, 0.05) is 13.2 Å². The second-order valence-electron chi connectivity index (χ2n) is 4.32. The van der Waals surface area contributed by atoms with Crippen LogP contribution in [0.2, 0.25) is 0 Å². The van der Waals surface area contributed by atoms with E-state index in [9.17, 15) is 0 Å². The van der Waals surface area contributed by atoms with Crippen LogP contribution < -0.4 is 11.3 Å². The molecule has 3 N–H and O–H groups in total. The van der Waals surface area contributed by atoms with Gasteiger partial charge in [0.2, 0.25) is 0 Å². The second-order valence-corrected chi connectivity index (χ2v) is 4.32. The van der Waals surface area contributed by atoms with Gasteiger partial charge in [0.25, 0.3) is 0 Å². The summed E-state index contributed by atoms with van der Waals surface area (Å²) in [6.07, 6.45) is 1.92. The highest BCUT2D eigenvalue weighted by molar-refractivity contribution is 5.39. The summed E-state index contributed by atoms with van der Waals surface area (Å²) in [5.74, 6) is 5.68. The molecule has 4 nitrogen and oxygen atoms in total. The number of benzene rings is 1. The number of hydrogen-bond acceptors (Lipinski definition) is 3. The standard InChI is InChI=1S/C13H18N4/c1-9-5-4-6-10(2)12(9)13(15-14)11-7-8-17(3)16-11/h4-8,13,15H,14H2,1-3H3. The Balaban J connectivity index is 2.49. The molecule has 17 heavy (non-hydrogen) atoms. The first kappa shape index (κ1) is 11.8. The summed E-state index contributed by atoms with van der Waals surface area (Å²) in [5, 5.41) is 4.41. The number of nitrogens with two attached hydrogens (primary N) is 1. The van der Waals surface area contributed by atoms with Crippen molar-refractivity contribution < 1.29 is 0 Å². The Morgan fingerprint density at radius 1 is 1.24 bits per heavy atom. The lowest BCUT2D eigenvalue weighted by Gasteiger charge is -2.19. The van der Waals surface area contributed by atoms with Crippen molar-refractivity contribution in [2.45, 2.75) is 19.9 Å². The van der Waals surface area contributed by atoms with Crippen LogP contribution in [0.15, 0.2) is 30.5 Å². The van der Waals surface area contributed by atoms with Crippen LogP contribution in [0.25, 0.3) is 0 Å². The van der Waals surface area contributed by atoms with E-state index in [4.69, 9.17) is 5.84 Å². The summed E-state index contributed by atoms with van der Waals surface area (Å²) >= 11 is 0. The van der Waals surface area contributed by atoms with Crippen LogP contribution in [-0.4, -0.2) is 9.78 Å². The van der Waals surface area contributed by atoms with Crippen molar-refractivity contribution in [1.29, 1.82) is 0 Å². The SMILES string of the molecule is Cc1cccc(C)c1C(NN)c1ccn(C)n1. The zero-order chi connectivity index (χ0) is 12.4. The smallest absolute Gasteiger partial charge is 0.0905 e. The third-order valence-electron chi connectivity index (χ3n) is 3.03. The minimum Gasteiger partial charge on any atom is -0.275 e. The molecule has 90 valence electrons. The molecule has 0 aliphatic heterocycles. The monoisotopic (exact) mass is 230 g/mol. The van der Waals surface area contributed by atoms with Gasteiger partial charge in [0.05, 0.1) is 11.7 Å². The van der Waals surface area contributed by atoms with Gasteiger partial charge in [-0.15, -0.1) is 0 Å². The molecule has 0 saturated carbocycles. The van der Waals surface area contributed by atoms with Gasteiger partial charge in [-0.25, -0.2) is 5.43 Å². The molecular formula is C13H18N4. The van der Waals surface area contributed by atoms with Crippen LogP contribution in [0.5, 0.6) is 0 Å². The molecule has 1 aromatic heterocycles. The molecule has 2 rings (SSSR count). The summed E-state index contributed by atoms with van der Waals surface area (Å²) in [7, 11) is 1.90. The highest BCUT2D eigenvalue weighted by Gasteiger charge is 2.18. The Hall–Kier alpha value is -1.65. The fourth-order valence-corrected chi connectivity index (χ4v) is 2.19. The molecule has 1 heterocycles. The van der Waals surface area contributed by atoms with Gasteiger partial charge in [-0.3, -0.25) is 10.5 Å². The summed E-state index contributed by atoms with van der Waals surface area (Å²) in [6.45, 7) is 4.19. The largest absolute Gasteiger partial charge is 0.275 e. The lowest BCUT2D eigenvalue weighted by Crippen LogP contribution is -2.30. The minimum atomic E-state index is -0.0580. The van der Waals surface area contributed by atoms with Crippen molar-refractivity contribution >= 4 is 0 Å². The topological polar surface area (TPSA) is 55.9 Å². The molecule has 1 unspecified atom stereocenters. The Morgan fingerprint density at radius 2 is 1.88 bits per heavy atom. The normalized spacial score (nSPS) is 12.7. The van der Waals surface area contributed by atoms with Gasteiger partial charge >= 0.3 is 0 Å². The van der Waals surface area contributed by atoms with Crippen LogP contribution in [0.4, 0.5) is 0 Å². The fourth-order valence-electron chi connectivity index (χ4n) is 2.19. The van der Waals surface area contributed by atoms with Crippen molar-refractivity contribution in [2.24, 2.45) is 12.9 Å². The van der Waals surface area contributed by atoms with Crippen LogP contribution in [0.1, 0.15) is 28.4 Å². The molecule has 0 radical (unpaired) electrons. The van der Waals surface area contributed by atoms with Crippen molar-refractivity contribution in [3.05, 3.63) is 52.8 Å². The van der Waals surface area contributed by atoms with Gasteiger partial charge in [-0.2, -0.15) is 5.10 Å². The van der Waals surface area contributed by atoms with E-state index >= 15 is 0 Å². The lowest BCUT2D eigenvalue weighted by atomic mass is 9.95.